The van der Waals surface area contributed by atoms with E-state index in [4.69, 9.17) is 4.74 Å². The number of rotatable bonds is 6. The Bertz CT molecular complexity index is 929. The van der Waals surface area contributed by atoms with E-state index >= 15 is 0 Å². The van der Waals surface area contributed by atoms with Crippen molar-refractivity contribution in [2.24, 2.45) is 5.92 Å². The number of likely N-dealkylation sites (tertiary alicyclic amines) is 1. The van der Waals surface area contributed by atoms with E-state index in [0.717, 1.165) is 37.1 Å². The van der Waals surface area contributed by atoms with Gasteiger partial charge in [0, 0.05) is 19.3 Å². The van der Waals surface area contributed by atoms with E-state index in [2.05, 4.69) is 24.2 Å². The molecule has 0 N–H and O–H groups in total. The van der Waals surface area contributed by atoms with Crippen molar-refractivity contribution < 1.29 is 9.53 Å². The second-order valence-electron chi connectivity index (χ2n) is 7.78. The summed E-state index contributed by atoms with van der Waals surface area (Å²) in [7, 11) is 0. The summed E-state index contributed by atoms with van der Waals surface area (Å²) < 4.78 is 7.80. The third-order valence-corrected chi connectivity index (χ3v) is 5.43. The second kappa shape index (κ2) is 8.95. The molecule has 4 rings (SSSR count). The fraction of sp³-hybridized carbons (Fsp3) is 0.333. The summed E-state index contributed by atoms with van der Waals surface area (Å²) in [5.41, 5.74) is 2.73. The lowest BCUT2D eigenvalue weighted by Crippen LogP contribution is -2.37. The molecule has 2 aromatic carbocycles. The van der Waals surface area contributed by atoms with Gasteiger partial charge in [-0.15, -0.1) is 5.10 Å². The highest BCUT2D eigenvalue weighted by Crippen LogP contribution is 2.24. The van der Waals surface area contributed by atoms with Crippen molar-refractivity contribution in [3.05, 3.63) is 83.6 Å². The minimum atomic E-state index is 0.0132. The number of carbonyl (C=O) groups excluding carboxylic acids is 1. The molecule has 0 radical (unpaired) electrons. The number of nitrogens with zero attached hydrogens (tertiary/aromatic N) is 3. The van der Waals surface area contributed by atoms with Crippen molar-refractivity contribution in [1.29, 1.82) is 0 Å². The van der Waals surface area contributed by atoms with Crippen molar-refractivity contribution in [1.82, 2.24) is 14.7 Å². The number of carbonyl (C=O) groups is 1. The van der Waals surface area contributed by atoms with Gasteiger partial charge in [-0.3, -0.25) is 9.48 Å². The van der Waals surface area contributed by atoms with Crippen LogP contribution in [0.4, 0.5) is 0 Å². The van der Waals surface area contributed by atoms with E-state index < -0.39 is 0 Å². The maximum absolute atomic E-state index is 13.2. The third-order valence-electron chi connectivity index (χ3n) is 5.43. The number of ether oxygens (including phenoxy) is 1. The quantitative estimate of drug-likeness (QED) is 0.628. The summed E-state index contributed by atoms with van der Waals surface area (Å²) in [6.07, 6.45) is 3.92. The Hall–Kier alpha value is -3.08. The maximum atomic E-state index is 13.2. The smallest absolute Gasteiger partial charge is 0.260 e. The molecule has 0 spiro atoms. The normalized spacial score (nSPS) is 14.7. The zero-order chi connectivity index (χ0) is 20.1. The van der Waals surface area contributed by atoms with Crippen LogP contribution in [-0.4, -0.2) is 33.7 Å². The van der Waals surface area contributed by atoms with Crippen LogP contribution in [0.1, 0.15) is 41.3 Å². The number of hydrogen-bond donors (Lipinski definition) is 0. The summed E-state index contributed by atoms with van der Waals surface area (Å²) in [4.78, 5) is 15.1. The number of benzene rings is 2. The highest BCUT2D eigenvalue weighted by molar-refractivity contribution is 5.96. The standard InChI is InChI=1S/C24H27N3O2/c1-19-12-14-26(15-13-19)24(28)22-17-27(16-20-8-4-2-5-9-20)25-23(22)29-18-21-10-6-3-7-11-21/h2-11,17,19H,12-16,18H2,1H3. The van der Waals surface area contributed by atoms with Gasteiger partial charge in [0.1, 0.15) is 12.2 Å². The Morgan fingerprint density at radius 2 is 1.62 bits per heavy atom. The van der Waals surface area contributed by atoms with Crippen LogP contribution in [0.3, 0.4) is 0 Å². The van der Waals surface area contributed by atoms with E-state index in [-0.39, 0.29) is 5.91 Å². The first kappa shape index (κ1) is 19.2. The zero-order valence-electron chi connectivity index (χ0n) is 16.8. The van der Waals surface area contributed by atoms with Gasteiger partial charge in [0.15, 0.2) is 0 Å². The summed E-state index contributed by atoms with van der Waals surface area (Å²) in [6.45, 7) is 4.82. The van der Waals surface area contributed by atoms with Gasteiger partial charge in [0.25, 0.3) is 5.91 Å². The molecule has 1 amide bonds. The average Bonchev–Trinajstić information content (AvgIpc) is 3.16. The molecule has 0 atom stereocenters. The highest BCUT2D eigenvalue weighted by Gasteiger charge is 2.26. The molecular weight excluding hydrogens is 362 g/mol. The van der Waals surface area contributed by atoms with Gasteiger partial charge in [0.2, 0.25) is 5.88 Å². The topological polar surface area (TPSA) is 47.4 Å². The summed E-state index contributed by atoms with van der Waals surface area (Å²) in [5.74, 6) is 1.10. The molecule has 0 aliphatic carbocycles. The predicted octanol–water partition coefficient (Wildman–Crippen LogP) is 4.38. The van der Waals surface area contributed by atoms with E-state index in [9.17, 15) is 4.79 Å². The van der Waals surface area contributed by atoms with Crippen LogP contribution in [-0.2, 0) is 13.2 Å². The molecule has 1 aliphatic heterocycles. The average molecular weight is 389 g/mol. The minimum Gasteiger partial charge on any atom is -0.471 e. The first-order valence-corrected chi connectivity index (χ1v) is 10.3. The largest absolute Gasteiger partial charge is 0.471 e. The van der Waals surface area contributed by atoms with Crippen LogP contribution in [0, 0.1) is 5.92 Å². The Labute approximate surface area is 171 Å². The molecule has 0 unspecified atom stereocenters. The molecule has 0 saturated carbocycles. The zero-order valence-corrected chi connectivity index (χ0v) is 16.8. The van der Waals surface area contributed by atoms with Gasteiger partial charge in [-0.1, -0.05) is 67.6 Å². The molecule has 1 fully saturated rings. The number of amides is 1. The van der Waals surface area contributed by atoms with Crippen molar-refractivity contribution in [3.8, 4) is 5.88 Å². The lowest BCUT2D eigenvalue weighted by Gasteiger charge is -2.30. The predicted molar refractivity (Wildman–Crippen MR) is 113 cm³/mol. The molecule has 1 aromatic heterocycles. The summed E-state index contributed by atoms with van der Waals surface area (Å²) in [6, 6.07) is 20.1. The lowest BCUT2D eigenvalue weighted by molar-refractivity contribution is 0.0692. The second-order valence-corrected chi connectivity index (χ2v) is 7.78. The summed E-state index contributed by atoms with van der Waals surface area (Å²) in [5, 5.41) is 4.60. The lowest BCUT2D eigenvalue weighted by atomic mass is 9.99. The number of aromatic nitrogens is 2. The van der Waals surface area contributed by atoms with Crippen LogP contribution in [0.5, 0.6) is 5.88 Å². The highest BCUT2D eigenvalue weighted by atomic mass is 16.5. The molecular formula is C24H27N3O2. The molecule has 5 nitrogen and oxygen atoms in total. The monoisotopic (exact) mass is 389 g/mol. The van der Waals surface area contributed by atoms with Gasteiger partial charge in [-0.25, -0.2) is 0 Å². The van der Waals surface area contributed by atoms with Crippen LogP contribution >= 0.6 is 0 Å². The number of hydrogen-bond acceptors (Lipinski definition) is 3. The Morgan fingerprint density at radius 1 is 1.00 bits per heavy atom. The van der Waals surface area contributed by atoms with Gasteiger partial charge in [0.05, 0.1) is 6.54 Å². The van der Waals surface area contributed by atoms with Gasteiger partial charge >= 0.3 is 0 Å². The number of piperidine rings is 1. The van der Waals surface area contributed by atoms with E-state index in [1.807, 2.05) is 59.6 Å². The molecule has 3 aromatic rings. The van der Waals surface area contributed by atoms with Gasteiger partial charge in [-0.2, -0.15) is 0 Å². The van der Waals surface area contributed by atoms with Crippen molar-refractivity contribution in [3.63, 3.8) is 0 Å². The van der Waals surface area contributed by atoms with Crippen molar-refractivity contribution in [2.75, 3.05) is 13.1 Å². The van der Waals surface area contributed by atoms with E-state index in [0.29, 0.717) is 30.5 Å². The Kier molecular flexibility index (Phi) is 5.94. The van der Waals surface area contributed by atoms with Crippen molar-refractivity contribution in [2.45, 2.75) is 32.9 Å². The molecule has 150 valence electrons. The van der Waals surface area contributed by atoms with Crippen LogP contribution in [0.2, 0.25) is 0 Å². The molecule has 1 saturated heterocycles. The fourth-order valence-electron chi connectivity index (χ4n) is 3.62. The Balaban J connectivity index is 1.55. The van der Waals surface area contributed by atoms with Gasteiger partial charge < -0.3 is 9.64 Å². The first-order valence-electron chi connectivity index (χ1n) is 10.3. The maximum Gasteiger partial charge on any atom is 0.260 e. The molecule has 0 bridgehead atoms. The van der Waals surface area contributed by atoms with Crippen molar-refractivity contribution >= 4 is 5.91 Å². The molecule has 5 heteroatoms. The minimum absolute atomic E-state index is 0.0132. The third kappa shape index (κ3) is 4.86. The fourth-order valence-corrected chi connectivity index (χ4v) is 3.62. The van der Waals surface area contributed by atoms with Crippen LogP contribution < -0.4 is 4.74 Å². The SMILES string of the molecule is CC1CCN(C(=O)c2cn(Cc3ccccc3)nc2OCc2ccccc2)CC1. The molecule has 2 heterocycles. The molecule has 1 aliphatic rings. The summed E-state index contributed by atoms with van der Waals surface area (Å²) >= 11 is 0. The van der Waals surface area contributed by atoms with E-state index in [1.165, 1.54) is 0 Å². The van der Waals surface area contributed by atoms with Crippen LogP contribution in [0.25, 0.3) is 0 Å². The first-order chi connectivity index (χ1) is 14.2. The van der Waals surface area contributed by atoms with E-state index in [1.54, 1.807) is 4.68 Å². The Morgan fingerprint density at radius 3 is 2.28 bits per heavy atom. The van der Waals surface area contributed by atoms with Crippen LogP contribution in [0.15, 0.2) is 66.9 Å². The molecule has 29 heavy (non-hydrogen) atoms. The van der Waals surface area contributed by atoms with Gasteiger partial charge in [-0.05, 0) is 29.9 Å².